The van der Waals surface area contributed by atoms with Gasteiger partial charge in [-0.15, -0.1) is 0 Å². The molecular weight excluding hydrogens is 399 g/mol. The van der Waals surface area contributed by atoms with Gasteiger partial charge in [-0.1, -0.05) is 13.8 Å². The molecule has 0 radical (unpaired) electrons. The number of alkyl halides is 1. The number of hydrogen-bond donors (Lipinski definition) is 0. The molecule has 2 saturated carbocycles. The van der Waals surface area contributed by atoms with Crippen LogP contribution in [0, 0.1) is 16.7 Å². The van der Waals surface area contributed by atoms with E-state index in [1.807, 2.05) is 0 Å². The van der Waals surface area contributed by atoms with Crippen LogP contribution in [-0.2, 0) is 0 Å². The Bertz CT molecular complexity index is 630. The molecular formula is C27H49FN4. The second kappa shape index (κ2) is 8.77. The molecule has 0 unspecified atom stereocenters. The lowest BCUT2D eigenvalue weighted by Gasteiger charge is -2.60. The molecule has 5 rings (SSSR count). The minimum atomic E-state index is -0.957. The van der Waals surface area contributed by atoms with Crippen molar-refractivity contribution in [2.75, 3.05) is 65.4 Å². The Hall–Kier alpha value is -0.230. The molecule has 0 N–H and O–H groups in total. The topological polar surface area (TPSA) is 13.0 Å². The molecule has 4 nitrogen and oxygen atoms in total. The molecule has 5 fully saturated rings. The Labute approximate surface area is 196 Å². The van der Waals surface area contributed by atoms with Crippen molar-refractivity contribution in [1.29, 1.82) is 0 Å². The molecule has 184 valence electrons. The molecule has 5 heteroatoms. The van der Waals surface area contributed by atoms with E-state index >= 15 is 4.39 Å². The molecule has 2 aliphatic carbocycles. The van der Waals surface area contributed by atoms with Crippen molar-refractivity contribution in [2.45, 2.75) is 90.4 Å². The van der Waals surface area contributed by atoms with Gasteiger partial charge in [-0.2, -0.15) is 0 Å². The first-order chi connectivity index (χ1) is 15.2. The minimum Gasteiger partial charge on any atom is -0.303 e. The van der Waals surface area contributed by atoms with Crippen molar-refractivity contribution < 1.29 is 4.39 Å². The summed E-state index contributed by atoms with van der Waals surface area (Å²) in [6.07, 6.45) is 9.78. The lowest BCUT2D eigenvalue weighted by molar-refractivity contribution is -0.132. The van der Waals surface area contributed by atoms with Crippen molar-refractivity contribution in [3.05, 3.63) is 0 Å². The fourth-order valence-corrected chi connectivity index (χ4v) is 7.61. The summed E-state index contributed by atoms with van der Waals surface area (Å²) in [5.74, 6) is 0.838. The minimum absolute atomic E-state index is 0.595. The van der Waals surface area contributed by atoms with Gasteiger partial charge >= 0.3 is 0 Å². The quantitative estimate of drug-likeness (QED) is 0.554. The van der Waals surface area contributed by atoms with Crippen molar-refractivity contribution in [2.24, 2.45) is 16.7 Å². The fraction of sp³-hybridized carbons (Fsp3) is 1.00. The molecule has 0 aromatic rings. The summed E-state index contributed by atoms with van der Waals surface area (Å²) in [7, 11) is 0. The van der Waals surface area contributed by atoms with Crippen LogP contribution in [0.15, 0.2) is 0 Å². The van der Waals surface area contributed by atoms with E-state index in [1.54, 1.807) is 0 Å². The first-order valence-corrected chi connectivity index (χ1v) is 13.8. The summed E-state index contributed by atoms with van der Waals surface area (Å²) < 4.78 is 15.4. The van der Waals surface area contributed by atoms with Crippen LogP contribution in [0.1, 0.15) is 72.6 Å². The highest BCUT2D eigenvalue weighted by atomic mass is 19.1. The SMILES string of the molecule is CC(C)CC1(CN2CCC3(CC2)CC(N2CC(F)(CN4CCN(C(C)C)CC4)C2)C3)CC1. The first kappa shape index (κ1) is 23.5. The van der Waals surface area contributed by atoms with Gasteiger partial charge in [0, 0.05) is 64.4 Å². The molecule has 0 atom stereocenters. The van der Waals surface area contributed by atoms with Gasteiger partial charge in [0.1, 0.15) is 5.67 Å². The number of nitrogens with zero attached hydrogens (tertiary/aromatic N) is 4. The van der Waals surface area contributed by atoms with Gasteiger partial charge in [-0.3, -0.25) is 14.7 Å². The number of halogens is 1. The highest BCUT2D eigenvalue weighted by Gasteiger charge is 2.55. The molecule has 0 bridgehead atoms. The molecule has 0 aromatic heterocycles. The van der Waals surface area contributed by atoms with Gasteiger partial charge in [-0.05, 0) is 88.6 Å². The summed E-state index contributed by atoms with van der Waals surface area (Å²) in [6, 6.07) is 1.28. The smallest absolute Gasteiger partial charge is 0.148 e. The number of hydrogen-bond acceptors (Lipinski definition) is 4. The van der Waals surface area contributed by atoms with Crippen LogP contribution in [0.3, 0.4) is 0 Å². The summed E-state index contributed by atoms with van der Waals surface area (Å²) in [4.78, 5) is 10.1. The van der Waals surface area contributed by atoms with Crippen LogP contribution in [0.4, 0.5) is 4.39 Å². The maximum Gasteiger partial charge on any atom is 0.148 e. The number of rotatable bonds is 8. The predicted octanol–water partition coefficient (Wildman–Crippen LogP) is 4.11. The summed E-state index contributed by atoms with van der Waals surface area (Å²) in [5, 5.41) is 0. The lowest BCUT2D eigenvalue weighted by atomic mass is 9.59. The zero-order valence-electron chi connectivity index (χ0n) is 21.4. The molecule has 3 heterocycles. The number of likely N-dealkylation sites (tertiary alicyclic amines) is 2. The zero-order valence-corrected chi connectivity index (χ0v) is 21.4. The molecule has 0 amide bonds. The lowest BCUT2D eigenvalue weighted by Crippen LogP contribution is -2.70. The van der Waals surface area contributed by atoms with E-state index in [0.29, 0.717) is 42.5 Å². The van der Waals surface area contributed by atoms with Crippen molar-refractivity contribution in [1.82, 2.24) is 19.6 Å². The third kappa shape index (κ3) is 5.06. The molecule has 5 aliphatic rings. The van der Waals surface area contributed by atoms with E-state index in [1.165, 1.54) is 64.6 Å². The van der Waals surface area contributed by atoms with E-state index in [9.17, 15) is 0 Å². The van der Waals surface area contributed by atoms with Gasteiger partial charge in [0.15, 0.2) is 0 Å². The normalized spacial score (nSPS) is 31.2. The van der Waals surface area contributed by atoms with Crippen LogP contribution >= 0.6 is 0 Å². The van der Waals surface area contributed by atoms with Crippen LogP contribution in [0.2, 0.25) is 0 Å². The summed E-state index contributed by atoms with van der Waals surface area (Å²) in [6.45, 7) is 19.5. The van der Waals surface area contributed by atoms with Crippen molar-refractivity contribution in [3.63, 3.8) is 0 Å². The van der Waals surface area contributed by atoms with Gasteiger partial charge in [0.2, 0.25) is 0 Å². The highest BCUT2D eigenvalue weighted by Crippen LogP contribution is 2.55. The average molecular weight is 449 g/mol. The van der Waals surface area contributed by atoms with E-state index < -0.39 is 5.67 Å². The van der Waals surface area contributed by atoms with Crippen LogP contribution in [0.25, 0.3) is 0 Å². The molecule has 0 aromatic carbocycles. The standard InChI is InChI=1S/C27H49FN4/c1-22(2)15-26(5-6-26)18-29-9-7-25(8-10-29)16-24(17-25)32-20-27(28,21-32)19-30-11-13-31(14-12-30)23(3)4/h22-24H,5-21H2,1-4H3. The Kier molecular flexibility index (Phi) is 6.44. The van der Waals surface area contributed by atoms with Gasteiger partial charge in [0.25, 0.3) is 0 Å². The Morgan fingerprint density at radius 2 is 1.38 bits per heavy atom. The van der Waals surface area contributed by atoms with Gasteiger partial charge < -0.3 is 4.90 Å². The van der Waals surface area contributed by atoms with Gasteiger partial charge in [-0.25, -0.2) is 4.39 Å². The van der Waals surface area contributed by atoms with E-state index in [2.05, 4.69) is 47.3 Å². The summed E-state index contributed by atoms with van der Waals surface area (Å²) in [5.41, 5.74) is 0.309. The van der Waals surface area contributed by atoms with Crippen molar-refractivity contribution in [3.8, 4) is 0 Å². The Balaban J connectivity index is 0.998. The van der Waals surface area contributed by atoms with Crippen LogP contribution < -0.4 is 0 Å². The van der Waals surface area contributed by atoms with Crippen LogP contribution in [0.5, 0.6) is 0 Å². The third-order valence-corrected chi connectivity index (χ3v) is 9.74. The fourth-order valence-electron chi connectivity index (χ4n) is 7.61. The molecule has 3 aliphatic heterocycles. The number of piperidine rings is 1. The monoisotopic (exact) mass is 448 g/mol. The molecule has 1 spiro atoms. The largest absolute Gasteiger partial charge is 0.303 e. The molecule has 3 saturated heterocycles. The second-order valence-electron chi connectivity index (χ2n) is 13.4. The van der Waals surface area contributed by atoms with Crippen molar-refractivity contribution >= 4 is 0 Å². The van der Waals surface area contributed by atoms with E-state index in [-0.39, 0.29) is 0 Å². The molecule has 32 heavy (non-hydrogen) atoms. The Morgan fingerprint density at radius 1 is 0.781 bits per heavy atom. The maximum atomic E-state index is 15.4. The third-order valence-electron chi connectivity index (χ3n) is 9.74. The first-order valence-electron chi connectivity index (χ1n) is 13.8. The number of piperazine rings is 1. The summed E-state index contributed by atoms with van der Waals surface area (Å²) >= 11 is 0. The highest BCUT2D eigenvalue weighted by molar-refractivity contribution is 5.08. The average Bonchev–Trinajstić information content (AvgIpc) is 3.43. The maximum absolute atomic E-state index is 15.4. The van der Waals surface area contributed by atoms with Crippen LogP contribution in [-0.4, -0.2) is 103 Å². The van der Waals surface area contributed by atoms with Gasteiger partial charge in [0.05, 0.1) is 0 Å². The Morgan fingerprint density at radius 3 is 1.91 bits per heavy atom. The predicted molar refractivity (Wildman–Crippen MR) is 131 cm³/mol. The second-order valence-corrected chi connectivity index (χ2v) is 13.4. The van der Waals surface area contributed by atoms with E-state index in [4.69, 9.17) is 0 Å². The van der Waals surface area contributed by atoms with E-state index in [0.717, 1.165) is 32.1 Å². The zero-order chi connectivity index (χ0) is 22.6.